The Bertz CT molecular complexity index is 816. The molecule has 3 N–H and O–H groups in total. The number of primary amides is 1. The van der Waals surface area contributed by atoms with Gasteiger partial charge in [0, 0.05) is 18.5 Å². The lowest BCUT2D eigenvalue weighted by atomic mass is 10.1. The normalized spacial score (nSPS) is 11.9. The van der Waals surface area contributed by atoms with Gasteiger partial charge in [-0.3, -0.25) is 9.59 Å². The molecule has 1 atom stereocenters. The van der Waals surface area contributed by atoms with Crippen molar-refractivity contribution in [2.24, 2.45) is 5.73 Å². The first kappa shape index (κ1) is 19.8. The fourth-order valence-electron chi connectivity index (χ4n) is 2.19. The third-order valence-electron chi connectivity index (χ3n) is 3.48. The van der Waals surface area contributed by atoms with Gasteiger partial charge in [-0.25, -0.2) is 4.79 Å². The van der Waals surface area contributed by atoms with Crippen LogP contribution in [0.1, 0.15) is 30.3 Å². The summed E-state index contributed by atoms with van der Waals surface area (Å²) in [5.74, 6) is -1.53. The molecule has 0 fully saturated rings. The average molecular weight is 371 g/mol. The zero-order valence-electron chi connectivity index (χ0n) is 14.9. The molecule has 9 heteroatoms. The molecule has 2 rings (SSSR count). The van der Waals surface area contributed by atoms with Crippen LogP contribution >= 0.6 is 0 Å². The van der Waals surface area contributed by atoms with Crippen LogP contribution in [-0.4, -0.2) is 45.4 Å². The second-order valence-electron chi connectivity index (χ2n) is 5.55. The number of nitrogens with one attached hydrogen (secondary N) is 1. The van der Waals surface area contributed by atoms with Gasteiger partial charge in [-0.2, -0.15) is 9.90 Å². The zero-order valence-corrected chi connectivity index (χ0v) is 14.9. The minimum Gasteiger partial charge on any atom is -0.463 e. The third-order valence-corrected chi connectivity index (χ3v) is 3.48. The largest absolute Gasteiger partial charge is 0.463 e. The van der Waals surface area contributed by atoms with E-state index in [9.17, 15) is 14.4 Å². The molecule has 0 aliphatic carbocycles. The molecule has 9 nitrogen and oxygen atoms in total. The summed E-state index contributed by atoms with van der Waals surface area (Å²) in [7, 11) is 0. The summed E-state index contributed by atoms with van der Waals surface area (Å²) in [6.07, 6.45) is 4.29. The van der Waals surface area contributed by atoms with Crippen molar-refractivity contribution in [2.45, 2.75) is 25.8 Å². The van der Waals surface area contributed by atoms with Crippen molar-refractivity contribution >= 4 is 17.8 Å². The molecule has 0 aliphatic rings. The van der Waals surface area contributed by atoms with E-state index in [0.717, 1.165) is 0 Å². The van der Waals surface area contributed by atoms with Gasteiger partial charge < -0.3 is 15.8 Å². The highest BCUT2D eigenvalue weighted by Crippen LogP contribution is 2.06. The molecular weight excluding hydrogens is 350 g/mol. The van der Waals surface area contributed by atoms with Crippen LogP contribution in [0.25, 0.3) is 5.69 Å². The highest BCUT2D eigenvalue weighted by Gasteiger charge is 2.16. The number of esters is 1. The van der Waals surface area contributed by atoms with E-state index in [1.54, 1.807) is 19.1 Å². The molecule has 0 saturated carbocycles. The molecule has 2 amide bonds. The fraction of sp³-hybridized carbons (Fsp3) is 0.278. The number of carbonyl (C=O) groups is 3. The van der Waals surface area contributed by atoms with Gasteiger partial charge >= 0.3 is 5.97 Å². The molecule has 0 unspecified atom stereocenters. The molecule has 1 heterocycles. The smallest absolute Gasteiger partial charge is 0.330 e. The van der Waals surface area contributed by atoms with Crippen LogP contribution in [0.5, 0.6) is 0 Å². The number of nitrogens with two attached hydrogens (primary N) is 1. The Balaban J connectivity index is 2.06. The van der Waals surface area contributed by atoms with Crippen LogP contribution in [0.3, 0.4) is 0 Å². The van der Waals surface area contributed by atoms with Gasteiger partial charge in [0.1, 0.15) is 0 Å². The maximum absolute atomic E-state index is 12.4. The van der Waals surface area contributed by atoms with Crippen molar-refractivity contribution in [3.05, 3.63) is 54.4 Å². The van der Waals surface area contributed by atoms with E-state index in [1.807, 2.05) is 18.2 Å². The van der Waals surface area contributed by atoms with E-state index in [2.05, 4.69) is 15.5 Å². The number of hydrogen-bond acceptors (Lipinski definition) is 6. The first-order valence-electron chi connectivity index (χ1n) is 8.41. The molecule has 0 radical (unpaired) electrons. The second kappa shape index (κ2) is 9.85. The molecular formula is C18H21N5O4. The van der Waals surface area contributed by atoms with Crippen LogP contribution in [-0.2, 0) is 14.3 Å². The van der Waals surface area contributed by atoms with Crippen molar-refractivity contribution in [1.29, 1.82) is 0 Å². The van der Waals surface area contributed by atoms with E-state index >= 15 is 0 Å². The van der Waals surface area contributed by atoms with Crippen molar-refractivity contribution in [2.75, 3.05) is 6.61 Å². The number of hydrogen-bond donors (Lipinski definition) is 2. The van der Waals surface area contributed by atoms with Crippen molar-refractivity contribution < 1.29 is 19.1 Å². The zero-order chi connectivity index (χ0) is 19.6. The molecule has 27 heavy (non-hydrogen) atoms. The Morgan fingerprint density at radius 3 is 2.70 bits per heavy atom. The predicted octanol–water partition coefficient (Wildman–Crippen LogP) is 0.750. The SMILES string of the molecule is CCOC(=O)/C=C/[C@H](CCC(N)=O)NC(=O)c1cnn(-c2ccccc2)n1. The second-order valence-corrected chi connectivity index (χ2v) is 5.55. The van der Waals surface area contributed by atoms with Gasteiger partial charge in [0.25, 0.3) is 5.91 Å². The third kappa shape index (κ3) is 6.38. The molecule has 1 aromatic carbocycles. The Morgan fingerprint density at radius 2 is 2.04 bits per heavy atom. The maximum atomic E-state index is 12.4. The molecule has 0 aliphatic heterocycles. The van der Waals surface area contributed by atoms with Gasteiger partial charge in [-0.05, 0) is 25.5 Å². The summed E-state index contributed by atoms with van der Waals surface area (Å²) in [6, 6.07) is 8.55. The fourth-order valence-corrected chi connectivity index (χ4v) is 2.19. The van der Waals surface area contributed by atoms with Gasteiger partial charge in [0.2, 0.25) is 5.91 Å². The van der Waals surface area contributed by atoms with E-state index in [4.69, 9.17) is 10.5 Å². The lowest BCUT2D eigenvalue weighted by Gasteiger charge is -2.13. The highest BCUT2D eigenvalue weighted by molar-refractivity contribution is 5.92. The van der Waals surface area contributed by atoms with Crippen LogP contribution in [0.4, 0.5) is 0 Å². The van der Waals surface area contributed by atoms with E-state index in [-0.39, 0.29) is 25.1 Å². The molecule has 1 aromatic heterocycles. The van der Waals surface area contributed by atoms with Crippen molar-refractivity contribution in [3.63, 3.8) is 0 Å². The number of ether oxygens (including phenoxy) is 1. The first-order chi connectivity index (χ1) is 13.0. The molecule has 2 aromatic rings. The molecule has 0 saturated heterocycles. The number of para-hydroxylation sites is 1. The number of carbonyl (C=O) groups excluding carboxylic acids is 3. The predicted molar refractivity (Wildman–Crippen MR) is 96.8 cm³/mol. The number of benzene rings is 1. The van der Waals surface area contributed by atoms with Crippen LogP contribution in [0.2, 0.25) is 0 Å². The van der Waals surface area contributed by atoms with E-state index in [1.165, 1.54) is 23.1 Å². The summed E-state index contributed by atoms with van der Waals surface area (Å²) in [6.45, 7) is 1.93. The highest BCUT2D eigenvalue weighted by atomic mass is 16.5. The van der Waals surface area contributed by atoms with E-state index < -0.39 is 23.8 Å². The Kier molecular flexibility index (Phi) is 7.24. The lowest BCUT2D eigenvalue weighted by molar-refractivity contribution is -0.137. The molecule has 142 valence electrons. The number of nitrogens with zero attached hydrogens (tertiary/aromatic N) is 3. The summed E-state index contributed by atoms with van der Waals surface area (Å²) in [4.78, 5) is 36.2. The monoisotopic (exact) mass is 371 g/mol. The topological polar surface area (TPSA) is 129 Å². The Hall–Kier alpha value is -3.49. The van der Waals surface area contributed by atoms with Gasteiger partial charge in [-0.1, -0.05) is 24.3 Å². The van der Waals surface area contributed by atoms with Gasteiger partial charge in [-0.15, -0.1) is 5.10 Å². The summed E-state index contributed by atoms with van der Waals surface area (Å²) in [5, 5.41) is 10.9. The molecule has 0 spiro atoms. The minimum absolute atomic E-state index is 0.0504. The standard InChI is InChI=1S/C18H21N5O4/c1-2-27-17(25)11-9-13(8-10-16(19)24)21-18(26)15-12-20-23(22-15)14-6-4-3-5-7-14/h3-7,9,11-13H,2,8,10H2,1H3,(H2,19,24)(H,21,26)/b11-9+/t13-/m0/s1. The average Bonchev–Trinajstić information content (AvgIpc) is 3.15. The summed E-state index contributed by atoms with van der Waals surface area (Å²) < 4.78 is 4.80. The van der Waals surface area contributed by atoms with Gasteiger partial charge in [0.15, 0.2) is 5.69 Å². The summed E-state index contributed by atoms with van der Waals surface area (Å²) >= 11 is 0. The van der Waals surface area contributed by atoms with Crippen LogP contribution in [0.15, 0.2) is 48.7 Å². The summed E-state index contributed by atoms with van der Waals surface area (Å²) in [5.41, 5.74) is 5.98. The van der Waals surface area contributed by atoms with Crippen LogP contribution < -0.4 is 11.1 Å². The van der Waals surface area contributed by atoms with Crippen molar-refractivity contribution in [3.8, 4) is 5.69 Å². The van der Waals surface area contributed by atoms with Crippen molar-refractivity contribution in [1.82, 2.24) is 20.3 Å². The Labute approximate surface area is 156 Å². The molecule has 0 bridgehead atoms. The maximum Gasteiger partial charge on any atom is 0.330 e. The number of rotatable bonds is 9. The number of aromatic nitrogens is 3. The Morgan fingerprint density at radius 1 is 1.30 bits per heavy atom. The minimum atomic E-state index is -0.587. The van der Waals surface area contributed by atoms with Gasteiger partial charge in [0.05, 0.1) is 18.5 Å². The van der Waals surface area contributed by atoms with E-state index in [0.29, 0.717) is 5.69 Å². The lowest BCUT2D eigenvalue weighted by Crippen LogP contribution is -2.34. The number of amides is 2. The first-order valence-corrected chi connectivity index (χ1v) is 8.41. The quantitative estimate of drug-likeness (QED) is 0.494. The van der Waals surface area contributed by atoms with Crippen LogP contribution in [0, 0.1) is 0 Å².